The molecule has 168 valence electrons. The van der Waals surface area contributed by atoms with Crippen LogP contribution in [0.5, 0.6) is 0 Å². The summed E-state index contributed by atoms with van der Waals surface area (Å²) in [4.78, 5) is 50.7. The van der Waals surface area contributed by atoms with Crippen LogP contribution in [0, 0.1) is 0 Å². The van der Waals surface area contributed by atoms with Gasteiger partial charge in [0.25, 0.3) is 5.56 Å². The molecule has 1 saturated heterocycles. The summed E-state index contributed by atoms with van der Waals surface area (Å²) in [6.45, 7) is 6.54. The largest absolute Gasteiger partial charge is 0.465 e. The van der Waals surface area contributed by atoms with Gasteiger partial charge in [-0.1, -0.05) is 30.4 Å². The summed E-state index contributed by atoms with van der Waals surface area (Å²) in [7, 11) is 1.27. The van der Waals surface area contributed by atoms with Crippen LogP contribution in [0.1, 0.15) is 17.3 Å². The van der Waals surface area contributed by atoms with Crippen LogP contribution in [0.25, 0.3) is 10.3 Å². The lowest BCUT2D eigenvalue weighted by molar-refractivity contribution is -0.116. The van der Waals surface area contributed by atoms with Gasteiger partial charge in [-0.2, -0.15) is 4.98 Å². The highest BCUT2D eigenvalue weighted by atomic mass is 32.1. The fraction of sp³-hybridized carbons (Fsp3) is 0.381. The predicted octanol–water partition coefficient (Wildman–Crippen LogP) is 1.42. The van der Waals surface area contributed by atoms with E-state index in [2.05, 4.69) is 32.0 Å². The maximum Gasteiger partial charge on any atom is 0.339 e. The third kappa shape index (κ3) is 4.48. The molecule has 11 heteroatoms. The molecule has 1 aromatic carbocycles. The zero-order valence-corrected chi connectivity index (χ0v) is 18.7. The summed E-state index contributed by atoms with van der Waals surface area (Å²) in [6, 6.07) is 6.53. The SMILES string of the molecule is CCN1CCN(c2nc3ncn(CC(=O)Nc4ccccc4C(=O)OC)c(=O)c3s2)CC1. The Hall–Kier alpha value is -3.31. The van der Waals surface area contributed by atoms with Gasteiger partial charge in [0.1, 0.15) is 17.6 Å². The first-order valence-electron chi connectivity index (χ1n) is 10.3. The van der Waals surface area contributed by atoms with Gasteiger partial charge in [-0.15, -0.1) is 0 Å². The zero-order chi connectivity index (χ0) is 22.7. The number of likely N-dealkylation sites (N-methyl/N-ethyl adjacent to an activating group) is 1. The number of piperazine rings is 1. The van der Waals surface area contributed by atoms with E-state index < -0.39 is 11.9 Å². The smallest absolute Gasteiger partial charge is 0.339 e. The predicted molar refractivity (Wildman–Crippen MR) is 122 cm³/mol. The lowest BCUT2D eigenvalue weighted by atomic mass is 10.2. The fourth-order valence-electron chi connectivity index (χ4n) is 3.56. The molecule has 0 atom stereocenters. The molecular formula is C21H24N6O4S. The maximum absolute atomic E-state index is 12.9. The van der Waals surface area contributed by atoms with Crippen LogP contribution in [0.3, 0.4) is 0 Å². The molecule has 0 saturated carbocycles. The molecule has 1 amide bonds. The van der Waals surface area contributed by atoms with Crippen molar-refractivity contribution in [2.75, 3.05) is 50.1 Å². The van der Waals surface area contributed by atoms with E-state index in [0.717, 1.165) is 37.9 Å². The third-order valence-corrected chi connectivity index (χ3v) is 6.48. The number of ether oxygens (including phenoxy) is 1. The van der Waals surface area contributed by atoms with Gasteiger partial charge in [-0.05, 0) is 18.7 Å². The van der Waals surface area contributed by atoms with Crippen molar-refractivity contribution in [1.29, 1.82) is 0 Å². The number of anilines is 2. The number of esters is 1. The van der Waals surface area contributed by atoms with Gasteiger partial charge in [0.05, 0.1) is 18.4 Å². The molecule has 3 aromatic rings. The van der Waals surface area contributed by atoms with Crippen molar-refractivity contribution in [1.82, 2.24) is 19.4 Å². The molecule has 0 unspecified atom stereocenters. The second-order valence-electron chi connectivity index (χ2n) is 7.33. The van der Waals surface area contributed by atoms with Crippen LogP contribution in [0.2, 0.25) is 0 Å². The van der Waals surface area contributed by atoms with Crippen LogP contribution >= 0.6 is 11.3 Å². The number of benzene rings is 1. The van der Waals surface area contributed by atoms with E-state index in [0.29, 0.717) is 16.0 Å². The number of carbonyl (C=O) groups is 2. The van der Waals surface area contributed by atoms with Crippen LogP contribution in [0.15, 0.2) is 35.4 Å². The fourth-order valence-corrected chi connectivity index (χ4v) is 4.58. The second-order valence-corrected chi connectivity index (χ2v) is 8.31. The minimum Gasteiger partial charge on any atom is -0.465 e. The van der Waals surface area contributed by atoms with Gasteiger partial charge >= 0.3 is 5.97 Å². The number of rotatable bonds is 6. The molecule has 10 nitrogen and oxygen atoms in total. The zero-order valence-electron chi connectivity index (χ0n) is 17.9. The van der Waals surface area contributed by atoms with E-state index in [1.807, 2.05) is 0 Å². The van der Waals surface area contributed by atoms with E-state index in [4.69, 9.17) is 4.74 Å². The van der Waals surface area contributed by atoms with E-state index >= 15 is 0 Å². The molecule has 1 aliphatic rings. The number of nitrogens with one attached hydrogen (secondary N) is 1. The maximum atomic E-state index is 12.9. The Bertz CT molecular complexity index is 1200. The summed E-state index contributed by atoms with van der Waals surface area (Å²) in [5.41, 5.74) is 0.625. The minimum absolute atomic E-state index is 0.236. The molecule has 3 heterocycles. The van der Waals surface area contributed by atoms with E-state index in [9.17, 15) is 14.4 Å². The van der Waals surface area contributed by atoms with Crippen molar-refractivity contribution in [2.45, 2.75) is 13.5 Å². The summed E-state index contributed by atoms with van der Waals surface area (Å²) >= 11 is 1.30. The highest BCUT2D eigenvalue weighted by Crippen LogP contribution is 2.26. The Balaban J connectivity index is 1.51. The molecule has 1 fully saturated rings. The molecule has 32 heavy (non-hydrogen) atoms. The normalized spacial score (nSPS) is 14.5. The number of nitrogens with zero attached hydrogens (tertiary/aromatic N) is 5. The van der Waals surface area contributed by atoms with Gasteiger partial charge in [-0.3, -0.25) is 14.2 Å². The molecule has 4 rings (SSSR count). The number of methoxy groups -OCH3 is 1. The van der Waals surface area contributed by atoms with E-state index in [1.54, 1.807) is 24.3 Å². The van der Waals surface area contributed by atoms with Crippen molar-refractivity contribution >= 4 is 44.4 Å². The number of amides is 1. The number of thiazole rings is 1. The Morgan fingerprint density at radius 1 is 1.19 bits per heavy atom. The highest BCUT2D eigenvalue weighted by molar-refractivity contribution is 7.22. The Labute approximate surface area is 188 Å². The van der Waals surface area contributed by atoms with Crippen LogP contribution in [0.4, 0.5) is 10.8 Å². The molecule has 1 N–H and O–H groups in total. The van der Waals surface area contributed by atoms with Crippen molar-refractivity contribution < 1.29 is 14.3 Å². The lowest BCUT2D eigenvalue weighted by Crippen LogP contribution is -2.46. The van der Waals surface area contributed by atoms with Crippen LogP contribution < -0.4 is 15.8 Å². The first kappa shape index (κ1) is 21.9. The Morgan fingerprint density at radius 3 is 2.66 bits per heavy atom. The van der Waals surface area contributed by atoms with Gasteiger partial charge in [0.15, 0.2) is 10.8 Å². The van der Waals surface area contributed by atoms with E-state index in [-0.39, 0.29) is 17.7 Å². The first-order valence-corrected chi connectivity index (χ1v) is 11.1. The molecule has 2 aromatic heterocycles. The first-order chi connectivity index (χ1) is 15.5. The number of para-hydroxylation sites is 1. The number of hydrogen-bond donors (Lipinski definition) is 1. The van der Waals surface area contributed by atoms with Gasteiger partial charge in [-0.25, -0.2) is 9.78 Å². The van der Waals surface area contributed by atoms with Crippen molar-refractivity contribution in [2.24, 2.45) is 0 Å². The third-order valence-electron chi connectivity index (χ3n) is 5.38. The lowest BCUT2D eigenvalue weighted by Gasteiger charge is -2.33. The standard InChI is InChI=1S/C21H24N6O4S/c1-3-25-8-10-26(11-9-25)21-24-18-17(32-21)19(29)27(13-22-18)12-16(28)23-15-7-5-4-6-14(15)20(30)31-2/h4-7,13H,3,8-12H2,1-2H3,(H,23,28). The number of hydrogen-bond acceptors (Lipinski definition) is 9. The van der Waals surface area contributed by atoms with Gasteiger partial charge in [0.2, 0.25) is 5.91 Å². The Morgan fingerprint density at radius 2 is 1.94 bits per heavy atom. The minimum atomic E-state index is -0.557. The topological polar surface area (TPSA) is 110 Å². The molecule has 0 spiro atoms. The molecule has 1 aliphatic heterocycles. The highest BCUT2D eigenvalue weighted by Gasteiger charge is 2.21. The molecule has 0 bridgehead atoms. The molecule has 0 radical (unpaired) electrons. The van der Waals surface area contributed by atoms with Crippen LogP contribution in [-0.2, 0) is 16.1 Å². The van der Waals surface area contributed by atoms with Gasteiger partial charge < -0.3 is 19.9 Å². The number of fused-ring (bicyclic) bond motifs is 1. The second kappa shape index (κ2) is 9.45. The monoisotopic (exact) mass is 456 g/mol. The summed E-state index contributed by atoms with van der Waals surface area (Å²) in [6.07, 6.45) is 1.33. The van der Waals surface area contributed by atoms with E-state index in [1.165, 1.54) is 29.3 Å². The van der Waals surface area contributed by atoms with Gasteiger partial charge in [0, 0.05) is 26.2 Å². The van der Waals surface area contributed by atoms with Crippen LogP contribution in [-0.4, -0.2) is 71.1 Å². The van der Waals surface area contributed by atoms with Crippen molar-refractivity contribution in [3.8, 4) is 0 Å². The quantitative estimate of drug-likeness (QED) is 0.555. The average molecular weight is 457 g/mol. The number of carbonyl (C=O) groups excluding carboxylic acids is 2. The summed E-state index contributed by atoms with van der Waals surface area (Å²) in [5, 5.41) is 3.44. The summed E-state index contributed by atoms with van der Waals surface area (Å²) < 4.78 is 6.41. The Kier molecular flexibility index (Phi) is 6.47. The molecule has 0 aliphatic carbocycles. The van der Waals surface area contributed by atoms with Crippen molar-refractivity contribution in [3.63, 3.8) is 0 Å². The summed E-state index contributed by atoms with van der Waals surface area (Å²) in [5.74, 6) is -1.01. The van der Waals surface area contributed by atoms with Crippen molar-refractivity contribution in [3.05, 3.63) is 46.5 Å². The number of aromatic nitrogens is 3. The molecular weight excluding hydrogens is 432 g/mol. The average Bonchev–Trinajstić information content (AvgIpc) is 3.26.